The zero-order chi connectivity index (χ0) is 16.7. The summed E-state index contributed by atoms with van der Waals surface area (Å²) in [5.74, 6) is -5.31. The number of benzene rings is 1. The number of piperidine rings is 1. The molecule has 0 bridgehead atoms. The van der Waals surface area contributed by atoms with Crippen molar-refractivity contribution in [2.75, 3.05) is 6.54 Å². The Balaban J connectivity index is 2.35. The molecule has 2 rings (SSSR count). The van der Waals surface area contributed by atoms with Crippen molar-refractivity contribution in [1.82, 2.24) is 4.90 Å². The zero-order valence-corrected chi connectivity index (χ0v) is 11.6. The van der Waals surface area contributed by atoms with Crippen molar-refractivity contribution in [2.24, 2.45) is 0 Å². The fourth-order valence-corrected chi connectivity index (χ4v) is 2.79. The number of rotatable bonds is 2. The highest BCUT2D eigenvalue weighted by atomic mass is 19.4. The van der Waals surface area contributed by atoms with E-state index in [1.165, 1.54) is 6.92 Å². The Kier molecular flexibility index (Phi) is 4.39. The second kappa shape index (κ2) is 5.81. The van der Waals surface area contributed by atoms with Gasteiger partial charge in [-0.15, -0.1) is 0 Å². The Labute approximate surface area is 122 Å². The van der Waals surface area contributed by atoms with Crippen LogP contribution in [0.15, 0.2) is 12.1 Å². The summed E-state index contributed by atoms with van der Waals surface area (Å²) in [6.45, 7) is -0.154. The molecule has 0 spiro atoms. The summed E-state index contributed by atoms with van der Waals surface area (Å²) >= 11 is 0. The fraction of sp³-hybridized carbons (Fsp3) is 0.500. The van der Waals surface area contributed by atoms with Crippen molar-refractivity contribution >= 4 is 5.91 Å². The lowest BCUT2D eigenvalue weighted by atomic mass is 9.83. The second-order valence-corrected chi connectivity index (χ2v) is 5.31. The minimum absolute atomic E-state index is 0.0359. The number of alkyl halides is 3. The summed E-state index contributed by atoms with van der Waals surface area (Å²) in [5, 5.41) is 0. The highest BCUT2D eigenvalue weighted by molar-refractivity contribution is 5.77. The first-order valence-corrected chi connectivity index (χ1v) is 6.61. The van der Waals surface area contributed by atoms with E-state index in [0.29, 0.717) is 11.0 Å². The molecular formula is C14H13F6NO. The van der Waals surface area contributed by atoms with Gasteiger partial charge in [0, 0.05) is 24.4 Å². The largest absolute Gasteiger partial charge is 0.406 e. The number of nitrogens with zero attached hydrogens (tertiary/aromatic N) is 1. The van der Waals surface area contributed by atoms with Gasteiger partial charge >= 0.3 is 6.18 Å². The van der Waals surface area contributed by atoms with E-state index in [4.69, 9.17) is 0 Å². The first-order chi connectivity index (χ1) is 10.1. The minimum Gasteiger partial charge on any atom is -0.330 e. The van der Waals surface area contributed by atoms with Crippen LogP contribution in [0.3, 0.4) is 0 Å². The number of carbonyl (C=O) groups excluding carboxylic acids is 1. The van der Waals surface area contributed by atoms with E-state index in [1.807, 2.05) is 0 Å². The summed E-state index contributed by atoms with van der Waals surface area (Å²) in [4.78, 5) is 12.2. The quantitative estimate of drug-likeness (QED) is 0.599. The maximum Gasteiger partial charge on any atom is 0.406 e. The molecule has 1 aromatic rings. The summed E-state index contributed by atoms with van der Waals surface area (Å²) in [6, 6.07) is 0.116. The Bertz CT molecular complexity index is 585. The van der Waals surface area contributed by atoms with Gasteiger partial charge in [-0.3, -0.25) is 4.79 Å². The third kappa shape index (κ3) is 3.36. The molecule has 122 valence electrons. The monoisotopic (exact) mass is 325 g/mol. The van der Waals surface area contributed by atoms with Crippen LogP contribution in [-0.4, -0.2) is 29.6 Å². The zero-order valence-electron chi connectivity index (χ0n) is 11.6. The molecule has 1 fully saturated rings. The highest BCUT2D eigenvalue weighted by Crippen LogP contribution is 2.36. The van der Waals surface area contributed by atoms with Gasteiger partial charge in [0.2, 0.25) is 5.91 Å². The highest BCUT2D eigenvalue weighted by Gasteiger charge is 2.41. The predicted molar refractivity (Wildman–Crippen MR) is 65.5 cm³/mol. The van der Waals surface area contributed by atoms with E-state index >= 15 is 0 Å². The minimum atomic E-state index is -4.60. The molecule has 22 heavy (non-hydrogen) atoms. The lowest BCUT2D eigenvalue weighted by molar-refractivity contribution is -0.169. The van der Waals surface area contributed by atoms with E-state index in [2.05, 4.69) is 0 Å². The van der Waals surface area contributed by atoms with Crippen LogP contribution in [0.4, 0.5) is 26.3 Å². The van der Waals surface area contributed by atoms with Gasteiger partial charge in [0.15, 0.2) is 11.6 Å². The second-order valence-electron chi connectivity index (χ2n) is 5.31. The Morgan fingerprint density at radius 3 is 2.45 bits per heavy atom. The first kappa shape index (κ1) is 16.6. The molecule has 1 saturated heterocycles. The molecule has 1 aliphatic rings. The lowest BCUT2D eigenvalue weighted by Gasteiger charge is -2.39. The molecule has 1 aromatic carbocycles. The standard InChI is InChI=1S/C14H13F6NO/c1-7-9(10-4-8(15)5-11(16)13(10)17)2-3-12(22)21(7)6-14(18,19)20/h4-5,7,9H,2-3,6H2,1H3/t7-,9-/m1/s1. The SMILES string of the molecule is C[C@@H]1[C@H](c2cc(F)cc(F)c2F)CCC(=O)N1CC(F)(F)F. The van der Waals surface area contributed by atoms with Crippen LogP contribution in [-0.2, 0) is 4.79 Å². The molecule has 1 aliphatic heterocycles. The van der Waals surface area contributed by atoms with Gasteiger partial charge in [0.05, 0.1) is 0 Å². The molecule has 0 saturated carbocycles. The topological polar surface area (TPSA) is 20.3 Å². The number of carbonyl (C=O) groups is 1. The Morgan fingerprint density at radius 1 is 1.23 bits per heavy atom. The smallest absolute Gasteiger partial charge is 0.330 e. The number of hydrogen-bond donors (Lipinski definition) is 0. The molecule has 1 heterocycles. The van der Waals surface area contributed by atoms with Crippen LogP contribution in [0.25, 0.3) is 0 Å². The molecule has 0 aromatic heterocycles. The van der Waals surface area contributed by atoms with Crippen LogP contribution in [0.2, 0.25) is 0 Å². The third-order valence-corrected chi connectivity index (χ3v) is 3.83. The van der Waals surface area contributed by atoms with E-state index < -0.39 is 48.0 Å². The number of hydrogen-bond acceptors (Lipinski definition) is 1. The van der Waals surface area contributed by atoms with Gasteiger partial charge in [-0.1, -0.05) is 0 Å². The average Bonchev–Trinajstić information content (AvgIpc) is 2.38. The van der Waals surface area contributed by atoms with E-state index in [9.17, 15) is 31.1 Å². The van der Waals surface area contributed by atoms with Gasteiger partial charge < -0.3 is 4.90 Å². The summed E-state index contributed by atoms with van der Waals surface area (Å²) in [7, 11) is 0. The third-order valence-electron chi connectivity index (χ3n) is 3.83. The van der Waals surface area contributed by atoms with Gasteiger partial charge in [-0.25, -0.2) is 13.2 Å². The van der Waals surface area contributed by atoms with Crippen molar-refractivity contribution in [3.8, 4) is 0 Å². The normalized spacial score (nSPS) is 23.0. The molecule has 0 unspecified atom stereocenters. The average molecular weight is 325 g/mol. The van der Waals surface area contributed by atoms with Gasteiger partial charge in [-0.2, -0.15) is 13.2 Å². The van der Waals surface area contributed by atoms with Crippen molar-refractivity contribution in [3.05, 3.63) is 35.1 Å². The molecule has 2 atom stereocenters. The van der Waals surface area contributed by atoms with Gasteiger partial charge in [-0.05, 0) is 25.0 Å². The molecule has 0 aliphatic carbocycles. The Hall–Kier alpha value is -1.73. The van der Waals surface area contributed by atoms with E-state index in [0.717, 1.165) is 6.07 Å². The summed E-state index contributed by atoms with van der Waals surface area (Å²) in [6.07, 6.45) is -4.80. The lowest BCUT2D eigenvalue weighted by Crippen LogP contribution is -2.50. The number of halogens is 6. The van der Waals surface area contributed by atoms with Crippen molar-refractivity contribution in [1.29, 1.82) is 0 Å². The van der Waals surface area contributed by atoms with Crippen LogP contribution >= 0.6 is 0 Å². The van der Waals surface area contributed by atoms with Crippen LogP contribution in [0.5, 0.6) is 0 Å². The number of likely N-dealkylation sites (tertiary alicyclic amines) is 1. The Morgan fingerprint density at radius 2 is 1.86 bits per heavy atom. The van der Waals surface area contributed by atoms with Crippen LogP contribution in [0, 0.1) is 17.5 Å². The molecule has 2 nitrogen and oxygen atoms in total. The van der Waals surface area contributed by atoms with Crippen molar-refractivity contribution in [3.63, 3.8) is 0 Å². The maximum absolute atomic E-state index is 13.8. The maximum atomic E-state index is 13.8. The molecule has 8 heteroatoms. The van der Waals surface area contributed by atoms with Crippen molar-refractivity contribution < 1.29 is 31.1 Å². The van der Waals surface area contributed by atoms with Gasteiger partial charge in [0.25, 0.3) is 0 Å². The molecule has 0 N–H and O–H groups in total. The van der Waals surface area contributed by atoms with E-state index in [1.54, 1.807) is 0 Å². The molecule has 1 amide bonds. The van der Waals surface area contributed by atoms with Crippen LogP contribution < -0.4 is 0 Å². The van der Waals surface area contributed by atoms with Gasteiger partial charge in [0.1, 0.15) is 12.4 Å². The molecule has 0 radical (unpaired) electrons. The fourth-order valence-electron chi connectivity index (χ4n) is 2.79. The van der Waals surface area contributed by atoms with Crippen LogP contribution in [0.1, 0.15) is 31.2 Å². The summed E-state index contributed by atoms with van der Waals surface area (Å²) in [5.41, 5.74) is -0.343. The van der Waals surface area contributed by atoms with E-state index in [-0.39, 0.29) is 18.4 Å². The molecular weight excluding hydrogens is 312 g/mol. The predicted octanol–water partition coefficient (Wildman–Crippen LogP) is 3.76. The van der Waals surface area contributed by atoms with Crippen molar-refractivity contribution in [2.45, 2.75) is 37.9 Å². The summed E-state index contributed by atoms with van der Waals surface area (Å²) < 4.78 is 78.0. The first-order valence-electron chi connectivity index (χ1n) is 6.61. The number of amides is 1.